The number of ether oxygens (including phenoxy) is 3. The van der Waals surface area contributed by atoms with Crippen LogP contribution in [0.15, 0.2) is 0 Å². The van der Waals surface area contributed by atoms with Gasteiger partial charge in [-0.2, -0.15) is 0 Å². The van der Waals surface area contributed by atoms with Crippen LogP contribution in [0.25, 0.3) is 0 Å². The van der Waals surface area contributed by atoms with E-state index in [1.54, 1.807) is 21.3 Å². The lowest BCUT2D eigenvalue weighted by molar-refractivity contribution is -0.0760. The molecule has 0 aromatic carbocycles. The summed E-state index contributed by atoms with van der Waals surface area (Å²) in [6, 6.07) is 0. The molecule has 0 radical (unpaired) electrons. The summed E-state index contributed by atoms with van der Waals surface area (Å²) in [5.41, 5.74) is -0.246. The van der Waals surface area contributed by atoms with E-state index in [0.29, 0.717) is 19.8 Å². The van der Waals surface area contributed by atoms with Crippen LogP contribution in [0, 0.1) is 0 Å². The zero-order valence-corrected chi connectivity index (χ0v) is 14.5. The van der Waals surface area contributed by atoms with Gasteiger partial charge in [0.05, 0.1) is 25.4 Å². The second kappa shape index (κ2) is 12.2. The summed E-state index contributed by atoms with van der Waals surface area (Å²) >= 11 is 0. The van der Waals surface area contributed by atoms with Crippen molar-refractivity contribution in [3.63, 3.8) is 0 Å². The fourth-order valence-electron chi connectivity index (χ4n) is 2.95. The molecule has 0 unspecified atom stereocenters. The van der Waals surface area contributed by atoms with Gasteiger partial charge in [-0.1, -0.05) is 0 Å². The van der Waals surface area contributed by atoms with Crippen LogP contribution in [0.1, 0.15) is 0 Å². The topological polar surface area (TPSA) is 67.0 Å². The van der Waals surface area contributed by atoms with Crippen molar-refractivity contribution in [2.75, 3.05) is 93.5 Å². The van der Waals surface area contributed by atoms with Crippen molar-refractivity contribution in [1.82, 2.24) is 20.9 Å². The van der Waals surface area contributed by atoms with E-state index in [0.717, 1.165) is 52.4 Å². The van der Waals surface area contributed by atoms with Gasteiger partial charge < -0.3 is 30.2 Å². The van der Waals surface area contributed by atoms with Crippen molar-refractivity contribution in [1.29, 1.82) is 0 Å². The van der Waals surface area contributed by atoms with Crippen LogP contribution in [0.4, 0.5) is 0 Å². The molecule has 0 atom stereocenters. The number of methoxy groups -OCH3 is 3. The van der Waals surface area contributed by atoms with Crippen molar-refractivity contribution in [3.8, 4) is 0 Å². The van der Waals surface area contributed by atoms with Crippen LogP contribution < -0.4 is 16.0 Å². The molecular formula is C15H34N4O3. The normalized spacial score (nSPS) is 20.3. The van der Waals surface area contributed by atoms with Gasteiger partial charge in [-0.15, -0.1) is 0 Å². The Kier molecular flexibility index (Phi) is 10.9. The van der Waals surface area contributed by atoms with E-state index >= 15 is 0 Å². The van der Waals surface area contributed by atoms with Crippen LogP contribution in [-0.2, 0) is 14.2 Å². The average molecular weight is 318 g/mol. The lowest BCUT2D eigenvalue weighted by atomic mass is 10.00. The lowest BCUT2D eigenvalue weighted by Crippen LogP contribution is -2.61. The summed E-state index contributed by atoms with van der Waals surface area (Å²) in [5, 5.41) is 10.4. The summed E-state index contributed by atoms with van der Waals surface area (Å²) in [7, 11) is 5.20. The molecule has 3 N–H and O–H groups in total. The second-order valence-electron chi connectivity index (χ2n) is 5.76. The Labute approximate surface area is 135 Å². The molecule has 1 aliphatic heterocycles. The van der Waals surface area contributed by atoms with Crippen LogP contribution in [-0.4, -0.2) is 104 Å². The van der Waals surface area contributed by atoms with Crippen molar-refractivity contribution in [2.45, 2.75) is 5.54 Å². The van der Waals surface area contributed by atoms with E-state index in [9.17, 15) is 0 Å². The molecule has 1 aliphatic rings. The van der Waals surface area contributed by atoms with Gasteiger partial charge in [0.2, 0.25) is 0 Å². The zero-order valence-electron chi connectivity index (χ0n) is 14.5. The molecule has 0 saturated carbocycles. The number of nitrogens with one attached hydrogen (secondary N) is 3. The predicted octanol–water partition coefficient (Wildman–Crippen LogP) is -1.25. The Morgan fingerprint density at radius 3 is 1.41 bits per heavy atom. The van der Waals surface area contributed by atoms with E-state index < -0.39 is 0 Å². The van der Waals surface area contributed by atoms with Gasteiger partial charge >= 0.3 is 0 Å². The smallest absolute Gasteiger partial charge is 0.0915 e. The van der Waals surface area contributed by atoms with Gasteiger partial charge in [0.1, 0.15) is 0 Å². The van der Waals surface area contributed by atoms with Crippen molar-refractivity contribution < 1.29 is 14.2 Å². The third kappa shape index (κ3) is 6.87. The van der Waals surface area contributed by atoms with E-state index in [1.165, 1.54) is 0 Å². The highest BCUT2D eigenvalue weighted by molar-refractivity contribution is 4.92. The van der Waals surface area contributed by atoms with E-state index in [2.05, 4.69) is 20.9 Å². The van der Waals surface area contributed by atoms with Crippen LogP contribution in [0.3, 0.4) is 0 Å². The molecule has 0 amide bonds. The maximum Gasteiger partial charge on any atom is 0.0915 e. The van der Waals surface area contributed by atoms with Crippen molar-refractivity contribution in [3.05, 3.63) is 0 Å². The van der Waals surface area contributed by atoms with Crippen molar-refractivity contribution in [2.24, 2.45) is 0 Å². The van der Waals surface area contributed by atoms with E-state index in [-0.39, 0.29) is 5.54 Å². The second-order valence-corrected chi connectivity index (χ2v) is 5.76. The Bertz CT molecular complexity index is 240. The molecule has 0 bridgehead atoms. The molecule has 132 valence electrons. The molecule has 0 aliphatic carbocycles. The lowest BCUT2D eigenvalue weighted by Gasteiger charge is -2.43. The highest BCUT2D eigenvalue weighted by atomic mass is 16.5. The molecule has 0 spiro atoms. The Morgan fingerprint density at radius 1 is 0.682 bits per heavy atom. The quantitative estimate of drug-likeness (QED) is 0.542. The zero-order chi connectivity index (χ0) is 16.1. The standard InChI is InChI=1S/C15H34N4O3/c1-20-12-15(13-21-2,14-22-3)19-10-8-17-6-4-16-5-7-18-9-11-19/h16-18H,4-14H2,1-3H3. The fraction of sp³-hybridized carbons (Fsp3) is 1.00. The first kappa shape index (κ1) is 19.8. The molecule has 0 aromatic heterocycles. The van der Waals surface area contributed by atoms with Crippen molar-refractivity contribution >= 4 is 0 Å². The van der Waals surface area contributed by atoms with Gasteiger partial charge in [-0.3, -0.25) is 4.90 Å². The third-order valence-electron chi connectivity index (χ3n) is 3.98. The van der Waals surface area contributed by atoms with Gasteiger partial charge in [0.25, 0.3) is 0 Å². The first-order valence-corrected chi connectivity index (χ1v) is 8.13. The monoisotopic (exact) mass is 318 g/mol. The molecule has 1 rings (SSSR count). The summed E-state index contributed by atoms with van der Waals surface area (Å²) < 4.78 is 16.5. The largest absolute Gasteiger partial charge is 0.383 e. The van der Waals surface area contributed by atoms with Crippen LogP contribution >= 0.6 is 0 Å². The number of hydrogen-bond acceptors (Lipinski definition) is 7. The molecule has 7 heteroatoms. The van der Waals surface area contributed by atoms with Crippen LogP contribution in [0.2, 0.25) is 0 Å². The minimum Gasteiger partial charge on any atom is -0.383 e. The number of rotatable bonds is 7. The summed E-state index contributed by atoms with van der Waals surface area (Å²) in [5.74, 6) is 0. The summed E-state index contributed by atoms with van der Waals surface area (Å²) in [6.07, 6.45) is 0. The van der Waals surface area contributed by atoms with Gasteiger partial charge in [-0.05, 0) is 0 Å². The minimum atomic E-state index is -0.246. The maximum absolute atomic E-state index is 5.49. The highest BCUT2D eigenvalue weighted by Crippen LogP contribution is 2.17. The molecule has 7 nitrogen and oxygen atoms in total. The average Bonchev–Trinajstić information content (AvgIpc) is 2.48. The van der Waals surface area contributed by atoms with Gasteiger partial charge in [0, 0.05) is 73.7 Å². The Morgan fingerprint density at radius 2 is 1.05 bits per heavy atom. The van der Waals surface area contributed by atoms with Crippen LogP contribution in [0.5, 0.6) is 0 Å². The fourth-order valence-corrected chi connectivity index (χ4v) is 2.95. The predicted molar refractivity (Wildman–Crippen MR) is 88.5 cm³/mol. The van der Waals surface area contributed by atoms with E-state index in [1.807, 2.05) is 0 Å². The Hall–Kier alpha value is -0.280. The molecular weight excluding hydrogens is 284 g/mol. The molecule has 1 heterocycles. The SMILES string of the molecule is COCC(COC)(COC)N1CCNCCNCCNCC1. The Balaban J connectivity index is 2.74. The molecule has 0 aromatic rings. The van der Waals surface area contributed by atoms with Gasteiger partial charge in [0.15, 0.2) is 0 Å². The minimum absolute atomic E-state index is 0.246. The third-order valence-corrected chi connectivity index (χ3v) is 3.98. The number of hydrogen-bond donors (Lipinski definition) is 3. The first-order chi connectivity index (χ1) is 10.8. The summed E-state index contributed by atoms with van der Waals surface area (Å²) in [6.45, 7) is 9.53. The summed E-state index contributed by atoms with van der Waals surface area (Å²) in [4.78, 5) is 2.43. The molecule has 1 saturated heterocycles. The maximum atomic E-state index is 5.49. The molecule has 1 fully saturated rings. The first-order valence-electron chi connectivity index (χ1n) is 8.13. The molecule has 22 heavy (non-hydrogen) atoms. The highest BCUT2D eigenvalue weighted by Gasteiger charge is 2.37. The number of nitrogens with zero attached hydrogens (tertiary/aromatic N) is 1. The van der Waals surface area contributed by atoms with E-state index in [4.69, 9.17) is 14.2 Å². The van der Waals surface area contributed by atoms with Gasteiger partial charge in [-0.25, -0.2) is 0 Å².